The number of nitrogens with one attached hydrogen (secondary N) is 1. The SMILES string of the molecule is CC1=NC(=O)N(CCCNCC(=O)c2ccc(C(C)(C)C)cc2)C(c2cccc([N+](=O)[O-])c2)C1C(=O)O. The molecule has 0 aromatic heterocycles. The predicted molar refractivity (Wildman–Crippen MR) is 139 cm³/mol. The summed E-state index contributed by atoms with van der Waals surface area (Å²) in [7, 11) is 0. The van der Waals surface area contributed by atoms with Crippen LogP contribution in [0.15, 0.2) is 53.5 Å². The van der Waals surface area contributed by atoms with Crippen LogP contribution in [0.25, 0.3) is 0 Å². The number of hydrogen-bond donors (Lipinski definition) is 2. The number of non-ortho nitro benzene ring substituents is 1. The van der Waals surface area contributed by atoms with E-state index in [1.165, 1.54) is 30.0 Å². The van der Waals surface area contributed by atoms with E-state index < -0.39 is 28.9 Å². The summed E-state index contributed by atoms with van der Waals surface area (Å²) in [4.78, 5) is 53.3. The first-order valence-electron chi connectivity index (χ1n) is 12.1. The molecular formula is C27H32N4O6. The van der Waals surface area contributed by atoms with E-state index in [1.54, 1.807) is 6.07 Å². The Bertz CT molecular complexity index is 1220. The highest BCUT2D eigenvalue weighted by atomic mass is 16.6. The van der Waals surface area contributed by atoms with Crippen molar-refractivity contribution in [2.24, 2.45) is 10.9 Å². The van der Waals surface area contributed by atoms with Gasteiger partial charge in [-0.1, -0.05) is 57.2 Å². The summed E-state index contributed by atoms with van der Waals surface area (Å²) < 4.78 is 0. The van der Waals surface area contributed by atoms with Crippen LogP contribution in [0.3, 0.4) is 0 Å². The number of hydrogen-bond acceptors (Lipinski definition) is 6. The number of nitro benzene ring substituents is 1. The van der Waals surface area contributed by atoms with Gasteiger partial charge in [0, 0.05) is 30.0 Å². The Morgan fingerprint density at radius 3 is 2.43 bits per heavy atom. The Labute approximate surface area is 215 Å². The number of ketones is 1. The highest BCUT2D eigenvalue weighted by Gasteiger charge is 2.42. The van der Waals surface area contributed by atoms with Crippen LogP contribution in [0, 0.1) is 16.0 Å². The summed E-state index contributed by atoms with van der Waals surface area (Å²) in [5, 5.41) is 24.2. The average molecular weight is 509 g/mol. The standard InChI is InChI=1S/C27H32N4O6/c1-17-23(25(33)34)24(19-7-5-8-21(15-19)31(36)37)30(26(35)29-17)14-6-13-28-16-22(32)18-9-11-20(12-10-18)27(2,3)4/h5,7-12,15,23-24,28H,6,13-14,16H2,1-4H3,(H,33,34). The molecule has 3 rings (SSSR count). The Morgan fingerprint density at radius 2 is 1.84 bits per heavy atom. The van der Waals surface area contributed by atoms with Crippen molar-refractivity contribution in [1.29, 1.82) is 0 Å². The van der Waals surface area contributed by atoms with E-state index in [4.69, 9.17) is 0 Å². The van der Waals surface area contributed by atoms with Crippen molar-refractivity contribution in [2.75, 3.05) is 19.6 Å². The van der Waals surface area contributed by atoms with Gasteiger partial charge in [0.25, 0.3) is 5.69 Å². The van der Waals surface area contributed by atoms with Gasteiger partial charge in [-0.2, -0.15) is 0 Å². The second-order valence-corrected chi connectivity index (χ2v) is 10.1. The lowest BCUT2D eigenvalue weighted by Gasteiger charge is -2.37. The maximum Gasteiger partial charge on any atom is 0.344 e. The molecule has 0 spiro atoms. The van der Waals surface area contributed by atoms with Crippen LogP contribution >= 0.6 is 0 Å². The van der Waals surface area contributed by atoms with Crippen LogP contribution in [0.5, 0.6) is 0 Å². The number of benzene rings is 2. The number of amides is 2. The first-order valence-corrected chi connectivity index (χ1v) is 12.1. The number of carboxylic acids is 1. The molecule has 2 N–H and O–H groups in total. The molecule has 37 heavy (non-hydrogen) atoms. The number of Topliss-reactive ketones (excluding diaryl/α,β-unsaturated/α-hetero) is 1. The quantitative estimate of drug-likeness (QED) is 0.210. The molecule has 0 saturated heterocycles. The number of nitro groups is 1. The molecule has 2 unspecified atom stereocenters. The molecule has 2 aromatic rings. The minimum atomic E-state index is -1.17. The first kappa shape index (κ1) is 27.7. The summed E-state index contributed by atoms with van der Waals surface area (Å²) in [5.41, 5.74) is 2.05. The van der Waals surface area contributed by atoms with E-state index in [9.17, 15) is 29.6 Å². The van der Waals surface area contributed by atoms with Crippen LogP contribution in [0.1, 0.15) is 61.6 Å². The molecule has 1 aliphatic rings. The van der Waals surface area contributed by atoms with Crippen molar-refractivity contribution in [3.05, 3.63) is 75.3 Å². The number of aliphatic imine (C=N–C) groups is 1. The molecule has 196 valence electrons. The third-order valence-electron chi connectivity index (χ3n) is 6.42. The number of rotatable bonds is 10. The van der Waals surface area contributed by atoms with Crippen LogP contribution < -0.4 is 5.32 Å². The van der Waals surface area contributed by atoms with Gasteiger partial charge in [-0.05, 0) is 36.4 Å². The fraction of sp³-hybridized carbons (Fsp3) is 0.407. The van der Waals surface area contributed by atoms with Crippen molar-refractivity contribution >= 4 is 29.2 Å². The van der Waals surface area contributed by atoms with E-state index in [-0.39, 0.29) is 35.7 Å². The fourth-order valence-electron chi connectivity index (χ4n) is 4.39. The summed E-state index contributed by atoms with van der Waals surface area (Å²) in [6, 6.07) is 11.6. The fourth-order valence-corrected chi connectivity index (χ4v) is 4.39. The van der Waals surface area contributed by atoms with Crippen molar-refractivity contribution in [3.63, 3.8) is 0 Å². The minimum Gasteiger partial charge on any atom is -0.481 e. The van der Waals surface area contributed by atoms with Crippen LogP contribution in [-0.4, -0.2) is 58.1 Å². The van der Waals surface area contributed by atoms with Gasteiger partial charge in [0.05, 0.1) is 17.5 Å². The Balaban J connectivity index is 1.66. The molecule has 2 amide bonds. The van der Waals surface area contributed by atoms with E-state index in [2.05, 4.69) is 31.1 Å². The minimum absolute atomic E-state index is 0.00350. The lowest BCUT2D eigenvalue weighted by molar-refractivity contribution is -0.385. The van der Waals surface area contributed by atoms with Crippen molar-refractivity contribution < 1.29 is 24.4 Å². The summed E-state index contributed by atoms with van der Waals surface area (Å²) in [5.74, 6) is -2.36. The number of carbonyl (C=O) groups excluding carboxylic acids is 2. The molecule has 0 fully saturated rings. The van der Waals surface area contributed by atoms with E-state index in [0.717, 1.165) is 5.56 Å². The molecular weight excluding hydrogens is 476 g/mol. The van der Waals surface area contributed by atoms with Crippen molar-refractivity contribution in [1.82, 2.24) is 10.2 Å². The third-order valence-corrected chi connectivity index (χ3v) is 6.42. The number of urea groups is 1. The highest BCUT2D eigenvalue weighted by Crippen LogP contribution is 2.35. The van der Waals surface area contributed by atoms with Crippen LogP contribution in [0.2, 0.25) is 0 Å². The topological polar surface area (TPSA) is 142 Å². The molecule has 10 heteroatoms. The zero-order chi connectivity index (χ0) is 27.3. The average Bonchev–Trinajstić information content (AvgIpc) is 2.83. The van der Waals surface area contributed by atoms with Gasteiger partial charge in [-0.3, -0.25) is 19.7 Å². The number of aliphatic carboxylic acids is 1. The highest BCUT2D eigenvalue weighted by molar-refractivity contribution is 6.07. The van der Waals surface area contributed by atoms with Gasteiger partial charge in [0.1, 0.15) is 5.92 Å². The Kier molecular flexibility index (Phi) is 8.54. The molecule has 0 saturated carbocycles. The maximum atomic E-state index is 12.8. The lowest BCUT2D eigenvalue weighted by Crippen LogP contribution is -2.47. The smallest absolute Gasteiger partial charge is 0.344 e. The normalized spacial score (nSPS) is 17.9. The number of carbonyl (C=O) groups is 3. The second kappa shape index (κ2) is 11.4. The number of carboxylic acid groups (broad SMARTS) is 1. The molecule has 1 aliphatic heterocycles. The molecule has 2 aromatic carbocycles. The largest absolute Gasteiger partial charge is 0.481 e. The lowest BCUT2D eigenvalue weighted by atomic mass is 9.86. The van der Waals surface area contributed by atoms with Gasteiger partial charge < -0.3 is 15.3 Å². The third kappa shape index (κ3) is 6.65. The summed E-state index contributed by atoms with van der Waals surface area (Å²) in [6.07, 6.45) is 0.425. The summed E-state index contributed by atoms with van der Waals surface area (Å²) in [6.45, 7) is 8.46. The van der Waals surface area contributed by atoms with Crippen LogP contribution in [0.4, 0.5) is 10.5 Å². The first-order chi connectivity index (χ1) is 17.4. The van der Waals surface area contributed by atoms with Crippen LogP contribution in [-0.2, 0) is 10.2 Å². The molecule has 0 bridgehead atoms. The summed E-state index contributed by atoms with van der Waals surface area (Å²) >= 11 is 0. The van der Waals surface area contributed by atoms with E-state index in [0.29, 0.717) is 24.1 Å². The molecule has 0 radical (unpaired) electrons. The van der Waals surface area contributed by atoms with Crippen molar-refractivity contribution in [2.45, 2.75) is 45.6 Å². The van der Waals surface area contributed by atoms with Gasteiger partial charge in [-0.25, -0.2) is 9.79 Å². The Morgan fingerprint density at radius 1 is 1.16 bits per heavy atom. The molecule has 10 nitrogen and oxygen atoms in total. The van der Waals surface area contributed by atoms with Gasteiger partial charge >= 0.3 is 12.0 Å². The zero-order valence-corrected chi connectivity index (χ0v) is 21.4. The predicted octanol–water partition coefficient (Wildman–Crippen LogP) is 4.39. The zero-order valence-electron chi connectivity index (χ0n) is 21.4. The maximum absolute atomic E-state index is 12.8. The number of nitrogens with zero attached hydrogens (tertiary/aromatic N) is 3. The Hall–Kier alpha value is -3.92. The van der Waals surface area contributed by atoms with Crippen molar-refractivity contribution in [3.8, 4) is 0 Å². The molecule has 1 heterocycles. The second-order valence-electron chi connectivity index (χ2n) is 10.1. The van der Waals surface area contributed by atoms with E-state index >= 15 is 0 Å². The van der Waals surface area contributed by atoms with Gasteiger partial charge in [0.2, 0.25) is 0 Å². The molecule has 0 aliphatic carbocycles. The van der Waals surface area contributed by atoms with Gasteiger partial charge in [-0.15, -0.1) is 0 Å². The monoisotopic (exact) mass is 508 g/mol. The molecule has 2 atom stereocenters. The van der Waals surface area contributed by atoms with E-state index in [1.807, 2.05) is 24.3 Å². The van der Waals surface area contributed by atoms with Gasteiger partial charge in [0.15, 0.2) is 5.78 Å².